The summed E-state index contributed by atoms with van der Waals surface area (Å²) in [5.74, 6) is 15.3. The quantitative estimate of drug-likeness (QED) is 0.254. The molecule has 2 aliphatic heterocycles. The molecule has 8 aliphatic carbocycles. The molecule has 10 rings (SSSR count). The molecule has 2 heteroatoms. The van der Waals surface area contributed by atoms with Gasteiger partial charge in [0.15, 0.2) is 0 Å². The van der Waals surface area contributed by atoms with E-state index in [0.717, 1.165) is 120 Å². The van der Waals surface area contributed by atoms with Gasteiger partial charge >= 0.3 is 0 Å². The Kier molecular flexibility index (Phi) is 11.0. The lowest BCUT2D eigenvalue weighted by Gasteiger charge is -2.50. The standard InChI is InChI=1S/C50H81NO/c1-2-33-22-23-49-46(26-33)44-19-8-9-21-48(44)51(49)41-17-11-15-36(31-41)40-29-38(34-12-4-3-5-13-34)28-39(30-40)35-14-10-16-37(27-35)50-45-20-7-6-18-42(45)43-24-25-52-32-47(43)50/h9,21,33-50H,2-8,10-20,22-32H2,1H3/t33?,35?,36?,37-,38?,39?,40?,41?,42?,43?,44?,45?,46?,47?,48?,49?,50?/m0/s1. The maximum absolute atomic E-state index is 6.32. The van der Waals surface area contributed by atoms with Crippen LogP contribution in [0.4, 0.5) is 0 Å². The largest absolute Gasteiger partial charge is 0.381 e. The number of nitrogens with zero attached hydrogens (tertiary/aromatic N) is 1. The molecule has 7 saturated carbocycles. The minimum Gasteiger partial charge on any atom is -0.381 e. The first-order valence-corrected chi connectivity index (χ1v) is 24.7. The summed E-state index contributed by atoms with van der Waals surface area (Å²) in [7, 11) is 0. The van der Waals surface area contributed by atoms with Crippen LogP contribution >= 0.6 is 0 Å². The van der Waals surface area contributed by atoms with Crippen molar-refractivity contribution >= 4 is 0 Å². The summed E-state index contributed by atoms with van der Waals surface area (Å²) < 4.78 is 6.32. The second-order valence-electron chi connectivity index (χ2n) is 22.0. The average Bonchev–Trinajstić information content (AvgIpc) is 3.74. The van der Waals surface area contributed by atoms with Crippen LogP contribution < -0.4 is 0 Å². The van der Waals surface area contributed by atoms with Crippen molar-refractivity contribution in [2.24, 2.45) is 88.8 Å². The van der Waals surface area contributed by atoms with E-state index in [2.05, 4.69) is 24.0 Å². The van der Waals surface area contributed by atoms with Gasteiger partial charge in [-0.15, -0.1) is 0 Å². The summed E-state index contributed by atoms with van der Waals surface area (Å²) in [5.41, 5.74) is 0. The Morgan fingerprint density at radius 2 is 1.17 bits per heavy atom. The molecular formula is C50H81NO. The summed E-state index contributed by atoms with van der Waals surface area (Å²) in [6.07, 6.45) is 46.8. The number of fused-ring (bicyclic) bond motifs is 6. The Morgan fingerprint density at radius 1 is 0.500 bits per heavy atom. The van der Waals surface area contributed by atoms with Gasteiger partial charge in [0.1, 0.15) is 0 Å². The van der Waals surface area contributed by atoms with Crippen LogP contribution in [0.1, 0.15) is 180 Å². The van der Waals surface area contributed by atoms with Gasteiger partial charge in [-0.1, -0.05) is 103 Å². The highest BCUT2D eigenvalue weighted by Gasteiger charge is 2.56. The van der Waals surface area contributed by atoms with Crippen LogP contribution in [0.2, 0.25) is 0 Å². The molecule has 17 atom stereocenters. The summed E-state index contributed by atoms with van der Waals surface area (Å²) in [5, 5.41) is 0. The highest BCUT2D eigenvalue weighted by molar-refractivity contribution is 5.15. The van der Waals surface area contributed by atoms with Crippen LogP contribution in [0.15, 0.2) is 12.2 Å². The van der Waals surface area contributed by atoms with Gasteiger partial charge < -0.3 is 4.74 Å². The van der Waals surface area contributed by atoms with Gasteiger partial charge in [-0.25, -0.2) is 0 Å². The number of ether oxygens (including phenoxy) is 1. The molecule has 0 aromatic carbocycles. The smallest absolute Gasteiger partial charge is 0.0499 e. The molecular weight excluding hydrogens is 631 g/mol. The van der Waals surface area contributed by atoms with E-state index in [1.165, 1.54) is 83.5 Å². The van der Waals surface area contributed by atoms with Crippen molar-refractivity contribution in [3.8, 4) is 0 Å². The van der Waals surface area contributed by atoms with Gasteiger partial charge in [0.05, 0.1) is 0 Å². The molecule has 0 aromatic heterocycles. The Labute approximate surface area is 321 Å². The first-order chi connectivity index (χ1) is 25.7. The van der Waals surface area contributed by atoms with Crippen LogP contribution in [0.3, 0.4) is 0 Å². The van der Waals surface area contributed by atoms with E-state index in [1.54, 1.807) is 89.9 Å². The second-order valence-corrected chi connectivity index (χ2v) is 22.0. The van der Waals surface area contributed by atoms with Crippen LogP contribution in [0.5, 0.6) is 0 Å². The maximum atomic E-state index is 6.32. The zero-order valence-corrected chi connectivity index (χ0v) is 33.9. The first kappa shape index (κ1) is 36.0. The minimum absolute atomic E-state index is 0.782. The van der Waals surface area contributed by atoms with E-state index in [4.69, 9.17) is 4.74 Å². The third kappa shape index (κ3) is 6.78. The monoisotopic (exact) mass is 712 g/mol. The first-order valence-electron chi connectivity index (χ1n) is 24.7. The van der Waals surface area contributed by atoms with Crippen LogP contribution in [0, 0.1) is 88.8 Å². The van der Waals surface area contributed by atoms with Crippen molar-refractivity contribution in [2.75, 3.05) is 13.2 Å². The molecule has 16 unspecified atom stereocenters. The van der Waals surface area contributed by atoms with Gasteiger partial charge in [-0.2, -0.15) is 0 Å². The van der Waals surface area contributed by atoms with Crippen LogP contribution in [-0.4, -0.2) is 36.2 Å². The summed E-state index contributed by atoms with van der Waals surface area (Å²) in [4.78, 5) is 3.26. The van der Waals surface area contributed by atoms with Gasteiger partial charge in [0, 0.05) is 31.3 Å². The molecule has 292 valence electrons. The van der Waals surface area contributed by atoms with Gasteiger partial charge in [0.2, 0.25) is 0 Å². The van der Waals surface area contributed by atoms with E-state index >= 15 is 0 Å². The molecule has 0 aromatic rings. The summed E-state index contributed by atoms with van der Waals surface area (Å²) in [6, 6.07) is 2.57. The molecule has 0 spiro atoms. The normalized spacial score (nSPS) is 51.7. The molecule has 10 aliphatic rings. The maximum Gasteiger partial charge on any atom is 0.0499 e. The van der Waals surface area contributed by atoms with E-state index in [1.807, 2.05) is 0 Å². The number of hydrogen-bond donors (Lipinski definition) is 0. The Bertz CT molecular complexity index is 1180. The lowest BCUT2D eigenvalue weighted by Crippen LogP contribution is -2.49. The predicted octanol–water partition coefficient (Wildman–Crippen LogP) is 12.9. The zero-order chi connectivity index (χ0) is 34.6. The molecule has 0 bridgehead atoms. The van der Waals surface area contributed by atoms with Crippen LogP contribution in [-0.2, 0) is 4.74 Å². The lowest BCUT2D eigenvalue weighted by molar-refractivity contribution is -0.0181. The topological polar surface area (TPSA) is 12.5 Å². The van der Waals surface area contributed by atoms with Crippen LogP contribution in [0.25, 0.3) is 0 Å². The third-order valence-electron chi connectivity index (χ3n) is 20.0. The molecule has 2 saturated heterocycles. The molecule has 0 radical (unpaired) electrons. The Morgan fingerprint density at radius 3 is 2.00 bits per heavy atom. The van der Waals surface area contributed by atoms with E-state index in [0.29, 0.717) is 0 Å². The second kappa shape index (κ2) is 15.9. The molecule has 52 heavy (non-hydrogen) atoms. The van der Waals surface area contributed by atoms with Crippen molar-refractivity contribution in [1.82, 2.24) is 4.90 Å². The highest BCUT2D eigenvalue weighted by Crippen LogP contribution is 2.61. The summed E-state index contributed by atoms with van der Waals surface area (Å²) in [6.45, 7) is 4.67. The molecule has 0 amide bonds. The van der Waals surface area contributed by atoms with Crippen molar-refractivity contribution < 1.29 is 4.74 Å². The molecule has 2 nitrogen and oxygen atoms in total. The molecule has 2 heterocycles. The number of hydrogen-bond acceptors (Lipinski definition) is 2. The highest BCUT2D eigenvalue weighted by atomic mass is 16.5. The van der Waals surface area contributed by atoms with Crippen molar-refractivity contribution in [3.05, 3.63) is 12.2 Å². The fraction of sp³-hybridized carbons (Fsp3) is 0.960. The van der Waals surface area contributed by atoms with Crippen molar-refractivity contribution in [3.63, 3.8) is 0 Å². The van der Waals surface area contributed by atoms with E-state index in [9.17, 15) is 0 Å². The average molecular weight is 712 g/mol. The molecule has 0 N–H and O–H groups in total. The predicted molar refractivity (Wildman–Crippen MR) is 216 cm³/mol. The third-order valence-corrected chi connectivity index (χ3v) is 20.0. The fourth-order valence-electron chi connectivity index (χ4n) is 17.9. The van der Waals surface area contributed by atoms with E-state index in [-0.39, 0.29) is 0 Å². The minimum atomic E-state index is 0.782. The summed E-state index contributed by atoms with van der Waals surface area (Å²) >= 11 is 0. The van der Waals surface area contributed by atoms with Gasteiger partial charge in [-0.05, 0) is 179 Å². The lowest BCUT2D eigenvalue weighted by atomic mass is 9.57. The van der Waals surface area contributed by atoms with Crippen molar-refractivity contribution in [2.45, 2.75) is 198 Å². The number of likely N-dealkylation sites (tertiary alicyclic amines) is 1. The number of rotatable bonds is 6. The van der Waals surface area contributed by atoms with Gasteiger partial charge in [-0.3, -0.25) is 4.90 Å². The van der Waals surface area contributed by atoms with Crippen molar-refractivity contribution in [1.29, 1.82) is 0 Å². The van der Waals surface area contributed by atoms with E-state index < -0.39 is 0 Å². The Hall–Kier alpha value is -0.340. The van der Waals surface area contributed by atoms with Gasteiger partial charge in [0.25, 0.3) is 0 Å². The zero-order valence-electron chi connectivity index (χ0n) is 33.9. The fourth-order valence-corrected chi connectivity index (χ4v) is 17.9. The Balaban J connectivity index is 0.869. The number of allylic oxidation sites excluding steroid dienone is 1. The SMILES string of the molecule is CCC1CCC2C(C1)C1CCC=CC1N2C1CCCC(C2CC(C3CCCCC3)CC(C3CCC[C@H](C4C5CCCCC5C5CCOCC54)C3)C2)C1. The molecule has 9 fully saturated rings.